The van der Waals surface area contributed by atoms with Crippen LogP contribution in [0, 0.1) is 5.41 Å². The van der Waals surface area contributed by atoms with Crippen molar-refractivity contribution in [2.45, 2.75) is 37.5 Å². The summed E-state index contributed by atoms with van der Waals surface area (Å²) in [5.74, 6) is 0.713. The second-order valence-corrected chi connectivity index (χ2v) is 8.90. The second kappa shape index (κ2) is 7.03. The summed E-state index contributed by atoms with van der Waals surface area (Å²) in [7, 11) is -3.17. The van der Waals surface area contributed by atoms with Crippen LogP contribution in [-0.2, 0) is 10.0 Å². The Balaban J connectivity index is 1.72. The average Bonchev–Trinajstić information content (AvgIpc) is 3.20. The maximum Gasteiger partial charge on any atom is 0.212 e. The van der Waals surface area contributed by atoms with Gasteiger partial charge in [-0.05, 0) is 48.9 Å². The van der Waals surface area contributed by atoms with E-state index in [1.165, 1.54) is 0 Å². The topological polar surface area (TPSA) is 72.2 Å². The summed E-state index contributed by atoms with van der Waals surface area (Å²) in [6.07, 6.45) is 4.55. The summed E-state index contributed by atoms with van der Waals surface area (Å²) >= 11 is 1.54. The molecule has 118 valence electrons. The zero-order valence-electron chi connectivity index (χ0n) is 12.5. The molecule has 1 aromatic rings. The van der Waals surface area contributed by atoms with Gasteiger partial charge in [0.25, 0.3) is 0 Å². The Bertz CT molecular complexity index is 552. The van der Waals surface area contributed by atoms with Gasteiger partial charge < -0.3 is 5.73 Å². The first-order chi connectivity index (χ1) is 9.95. The summed E-state index contributed by atoms with van der Waals surface area (Å²) < 4.78 is 26.8. The van der Waals surface area contributed by atoms with E-state index in [4.69, 9.17) is 5.73 Å². The number of hydrogen-bond donors (Lipinski definition) is 2. The van der Waals surface area contributed by atoms with Gasteiger partial charge in [-0.15, -0.1) is 11.8 Å². The van der Waals surface area contributed by atoms with Crippen LogP contribution >= 0.6 is 11.8 Å². The van der Waals surface area contributed by atoms with Crippen LogP contribution in [0.2, 0.25) is 0 Å². The Morgan fingerprint density at radius 3 is 2.52 bits per heavy atom. The molecule has 3 N–H and O–H groups in total. The van der Waals surface area contributed by atoms with Crippen molar-refractivity contribution in [2.75, 3.05) is 23.8 Å². The highest BCUT2D eigenvalue weighted by Gasteiger charge is 2.41. The number of anilines is 1. The zero-order chi connectivity index (χ0) is 15.3. The minimum atomic E-state index is -3.17. The molecule has 0 radical (unpaired) electrons. The van der Waals surface area contributed by atoms with Gasteiger partial charge in [0.2, 0.25) is 10.0 Å². The van der Waals surface area contributed by atoms with E-state index < -0.39 is 10.0 Å². The number of hydrogen-bond acceptors (Lipinski definition) is 4. The van der Waals surface area contributed by atoms with E-state index in [1.807, 2.05) is 24.3 Å². The molecule has 0 aliphatic heterocycles. The van der Waals surface area contributed by atoms with Crippen molar-refractivity contribution >= 4 is 27.5 Å². The molecule has 0 atom stereocenters. The van der Waals surface area contributed by atoms with Crippen molar-refractivity contribution < 1.29 is 8.42 Å². The molecule has 1 aliphatic carbocycles. The molecule has 1 aromatic carbocycles. The van der Waals surface area contributed by atoms with Crippen molar-refractivity contribution in [1.82, 2.24) is 4.72 Å². The quantitative estimate of drug-likeness (QED) is 0.540. The first-order valence-electron chi connectivity index (χ1n) is 7.40. The molecule has 1 saturated carbocycles. The fourth-order valence-electron chi connectivity index (χ4n) is 2.39. The third-order valence-electron chi connectivity index (χ3n) is 3.91. The van der Waals surface area contributed by atoms with E-state index in [2.05, 4.69) is 11.6 Å². The monoisotopic (exact) mass is 328 g/mol. The largest absolute Gasteiger partial charge is 0.399 e. The molecule has 0 saturated heterocycles. The standard InChI is InChI=1S/C15H24N2O2S2/c1-2-7-15(8-9-15)12-17-21(18,19)11-10-20-14-5-3-13(16)4-6-14/h3-6,17H,2,7-12,16H2,1H3. The normalized spacial score (nSPS) is 16.8. The Morgan fingerprint density at radius 1 is 1.29 bits per heavy atom. The highest BCUT2D eigenvalue weighted by molar-refractivity contribution is 8.00. The highest BCUT2D eigenvalue weighted by atomic mass is 32.2. The van der Waals surface area contributed by atoms with Gasteiger partial charge in [0.1, 0.15) is 0 Å². The van der Waals surface area contributed by atoms with Crippen molar-refractivity contribution in [3.63, 3.8) is 0 Å². The molecular weight excluding hydrogens is 304 g/mol. The Hall–Kier alpha value is -0.720. The summed E-state index contributed by atoms with van der Waals surface area (Å²) in [6, 6.07) is 7.49. The molecule has 4 nitrogen and oxygen atoms in total. The number of benzene rings is 1. The maximum atomic E-state index is 12.0. The Kier molecular flexibility index (Phi) is 5.57. The molecule has 0 amide bonds. The van der Waals surface area contributed by atoms with Crippen molar-refractivity contribution in [1.29, 1.82) is 0 Å². The van der Waals surface area contributed by atoms with Crippen LogP contribution in [0.15, 0.2) is 29.2 Å². The van der Waals surface area contributed by atoms with E-state index in [9.17, 15) is 8.42 Å². The lowest BCUT2D eigenvalue weighted by Crippen LogP contribution is -2.32. The van der Waals surface area contributed by atoms with Crippen LogP contribution in [0.5, 0.6) is 0 Å². The zero-order valence-corrected chi connectivity index (χ0v) is 14.1. The first-order valence-corrected chi connectivity index (χ1v) is 10.0. The smallest absolute Gasteiger partial charge is 0.212 e. The lowest BCUT2D eigenvalue weighted by molar-refractivity contribution is 0.449. The van der Waals surface area contributed by atoms with Crippen LogP contribution in [0.25, 0.3) is 0 Å². The minimum Gasteiger partial charge on any atom is -0.399 e. The number of sulfonamides is 1. The number of thioether (sulfide) groups is 1. The van der Waals surface area contributed by atoms with E-state index >= 15 is 0 Å². The molecule has 0 aromatic heterocycles. The van der Waals surface area contributed by atoms with Crippen LogP contribution in [0.1, 0.15) is 32.6 Å². The van der Waals surface area contributed by atoms with Gasteiger partial charge in [0.15, 0.2) is 0 Å². The second-order valence-electron chi connectivity index (χ2n) is 5.81. The molecule has 1 fully saturated rings. The lowest BCUT2D eigenvalue weighted by Gasteiger charge is -2.15. The minimum absolute atomic E-state index is 0.157. The third kappa shape index (κ3) is 5.52. The molecule has 6 heteroatoms. The van der Waals surface area contributed by atoms with Gasteiger partial charge in [-0.1, -0.05) is 13.3 Å². The van der Waals surface area contributed by atoms with Gasteiger partial charge in [-0.3, -0.25) is 0 Å². The number of rotatable bonds is 9. The van der Waals surface area contributed by atoms with Crippen LogP contribution in [0.4, 0.5) is 5.69 Å². The van der Waals surface area contributed by atoms with E-state index in [-0.39, 0.29) is 11.2 Å². The molecular formula is C15H24N2O2S2. The van der Waals surface area contributed by atoms with E-state index in [0.29, 0.717) is 12.3 Å². The van der Waals surface area contributed by atoms with E-state index in [1.54, 1.807) is 11.8 Å². The maximum absolute atomic E-state index is 12.0. The number of nitrogen functional groups attached to an aromatic ring is 1. The first kappa shape index (κ1) is 16.6. The molecule has 0 spiro atoms. The predicted molar refractivity (Wildman–Crippen MR) is 89.9 cm³/mol. The van der Waals surface area contributed by atoms with E-state index in [0.717, 1.165) is 36.3 Å². The van der Waals surface area contributed by atoms with Crippen molar-refractivity contribution in [3.05, 3.63) is 24.3 Å². The van der Waals surface area contributed by atoms with Crippen LogP contribution in [-0.4, -0.2) is 26.5 Å². The predicted octanol–water partition coefficient (Wildman–Crippen LogP) is 2.86. The summed E-state index contributed by atoms with van der Waals surface area (Å²) in [4.78, 5) is 1.05. The molecule has 0 bridgehead atoms. The van der Waals surface area contributed by atoms with Gasteiger partial charge in [0.05, 0.1) is 5.75 Å². The SMILES string of the molecule is CCCC1(CNS(=O)(=O)CCSc2ccc(N)cc2)CC1. The summed E-state index contributed by atoms with van der Waals surface area (Å²) in [5.41, 5.74) is 6.60. The highest BCUT2D eigenvalue weighted by Crippen LogP contribution is 2.49. The molecule has 0 heterocycles. The van der Waals surface area contributed by atoms with Gasteiger partial charge in [-0.2, -0.15) is 0 Å². The fourth-order valence-corrected chi connectivity index (χ4v) is 4.84. The third-order valence-corrected chi connectivity index (χ3v) is 6.50. The number of nitrogens with two attached hydrogens (primary N) is 1. The van der Waals surface area contributed by atoms with Crippen LogP contribution < -0.4 is 10.5 Å². The van der Waals surface area contributed by atoms with Crippen molar-refractivity contribution in [2.24, 2.45) is 5.41 Å². The van der Waals surface area contributed by atoms with Crippen molar-refractivity contribution in [3.8, 4) is 0 Å². The Morgan fingerprint density at radius 2 is 1.95 bits per heavy atom. The summed E-state index contributed by atoms with van der Waals surface area (Å²) in [6.45, 7) is 2.76. The van der Waals surface area contributed by atoms with Gasteiger partial charge in [0, 0.05) is 22.9 Å². The lowest BCUT2D eigenvalue weighted by atomic mass is 10.0. The van der Waals surface area contributed by atoms with Crippen LogP contribution in [0.3, 0.4) is 0 Å². The number of nitrogens with one attached hydrogen (secondary N) is 1. The fraction of sp³-hybridized carbons (Fsp3) is 0.600. The average molecular weight is 329 g/mol. The molecule has 1 aliphatic rings. The van der Waals surface area contributed by atoms with Gasteiger partial charge in [-0.25, -0.2) is 13.1 Å². The Labute approximate surface area is 131 Å². The summed E-state index contributed by atoms with van der Waals surface area (Å²) in [5, 5.41) is 0. The molecule has 2 rings (SSSR count). The van der Waals surface area contributed by atoms with Gasteiger partial charge >= 0.3 is 0 Å². The molecule has 21 heavy (non-hydrogen) atoms. The molecule has 0 unspecified atom stereocenters.